The van der Waals surface area contributed by atoms with Gasteiger partial charge in [-0.2, -0.15) is 29.8 Å². The van der Waals surface area contributed by atoms with Gasteiger partial charge in [0.1, 0.15) is 0 Å². The van der Waals surface area contributed by atoms with E-state index in [0.717, 1.165) is 6.42 Å². The summed E-state index contributed by atoms with van der Waals surface area (Å²) in [6.45, 7) is 25.2. The Bertz CT molecular complexity index is 1620. The third-order valence-corrected chi connectivity index (χ3v) is 12.2. The number of hydrogen-bond donors (Lipinski definition) is 0. The Morgan fingerprint density at radius 2 is 1.28 bits per heavy atom. The van der Waals surface area contributed by atoms with Crippen molar-refractivity contribution >= 4 is 11.3 Å². The van der Waals surface area contributed by atoms with Crippen LogP contribution in [-0.2, 0) is 41.5 Å². The molecular formula is C44H52SiZr. The molecule has 46 heavy (non-hydrogen) atoms. The van der Waals surface area contributed by atoms with Gasteiger partial charge in [-0.15, -0.1) is 11.1 Å². The first-order chi connectivity index (χ1) is 21.4. The summed E-state index contributed by atoms with van der Waals surface area (Å²) in [7, 11) is -1.07. The number of benzene rings is 4. The number of rotatable bonds is 3. The summed E-state index contributed by atoms with van der Waals surface area (Å²) in [6.07, 6.45) is 6.83. The minimum atomic E-state index is -1.07. The first-order valence-electron chi connectivity index (χ1n) is 16.7. The van der Waals surface area contributed by atoms with Crippen LogP contribution in [0.15, 0.2) is 108 Å². The summed E-state index contributed by atoms with van der Waals surface area (Å²) in [5.74, 6) is 0.553. The van der Waals surface area contributed by atoms with Crippen molar-refractivity contribution in [2.24, 2.45) is 5.92 Å². The van der Waals surface area contributed by atoms with Crippen molar-refractivity contribution in [1.29, 1.82) is 0 Å². The van der Waals surface area contributed by atoms with Gasteiger partial charge in [-0.05, 0) is 36.5 Å². The number of fused-ring (bicyclic) bond motifs is 3. The zero-order chi connectivity index (χ0) is 33.9. The van der Waals surface area contributed by atoms with Gasteiger partial charge in [0, 0.05) is 0 Å². The fourth-order valence-electron chi connectivity index (χ4n) is 6.05. The normalized spacial score (nSPS) is 15.4. The van der Waals surface area contributed by atoms with Crippen LogP contribution in [0.4, 0.5) is 0 Å². The summed E-state index contributed by atoms with van der Waals surface area (Å²) in [5, 5.41) is 1.60. The van der Waals surface area contributed by atoms with Crippen molar-refractivity contribution in [3.8, 4) is 11.1 Å². The van der Waals surface area contributed by atoms with Crippen LogP contribution in [0, 0.1) is 18.1 Å². The van der Waals surface area contributed by atoms with Crippen LogP contribution in [-0.4, -0.2) is 11.3 Å². The Kier molecular flexibility index (Phi) is 11.5. The van der Waals surface area contributed by atoms with Crippen molar-refractivity contribution in [2.45, 2.75) is 92.3 Å². The molecule has 1 atom stereocenters. The average molecular weight is 700 g/mol. The molecule has 236 valence electrons. The fourth-order valence-corrected chi connectivity index (χ4v) is 8.82. The van der Waals surface area contributed by atoms with Gasteiger partial charge in [-0.3, -0.25) is 6.08 Å². The maximum atomic E-state index is 3.67. The molecule has 0 bridgehead atoms. The molecule has 0 amide bonds. The topological polar surface area (TPSA) is 0 Å². The summed E-state index contributed by atoms with van der Waals surface area (Å²) in [5.41, 5.74) is 12.8. The Morgan fingerprint density at radius 1 is 0.739 bits per heavy atom. The second-order valence-corrected chi connectivity index (χ2v) is 22.1. The Labute approximate surface area is 296 Å². The van der Waals surface area contributed by atoms with E-state index in [2.05, 4.69) is 184 Å². The Hall–Kier alpha value is -2.67. The molecule has 4 aromatic carbocycles. The van der Waals surface area contributed by atoms with Crippen LogP contribution in [0.2, 0.25) is 19.6 Å². The van der Waals surface area contributed by atoms with Crippen LogP contribution >= 0.6 is 0 Å². The van der Waals surface area contributed by atoms with Gasteiger partial charge >= 0.3 is 99.2 Å². The zero-order valence-corrected chi connectivity index (χ0v) is 33.5. The van der Waals surface area contributed by atoms with E-state index in [1.54, 1.807) is 5.20 Å². The molecule has 6 rings (SSSR count). The average Bonchev–Trinajstić information content (AvgIpc) is 3.55. The second-order valence-electron chi connectivity index (χ2n) is 15.8. The molecule has 0 aliphatic heterocycles. The first kappa shape index (κ1) is 36.2. The monoisotopic (exact) mass is 698 g/mol. The molecule has 0 saturated carbocycles. The summed E-state index contributed by atoms with van der Waals surface area (Å²) >= 11 is 1.46. The summed E-state index contributed by atoms with van der Waals surface area (Å²) in [4.78, 5) is 0. The van der Waals surface area contributed by atoms with Gasteiger partial charge in [0.15, 0.2) is 0 Å². The van der Waals surface area contributed by atoms with Crippen LogP contribution in [0.3, 0.4) is 0 Å². The van der Waals surface area contributed by atoms with Gasteiger partial charge in [0.05, 0.1) is 0 Å². The molecule has 4 aromatic rings. The van der Waals surface area contributed by atoms with Gasteiger partial charge in [0.2, 0.25) is 0 Å². The van der Waals surface area contributed by atoms with Crippen molar-refractivity contribution in [2.75, 3.05) is 0 Å². The molecule has 1 unspecified atom stereocenters. The number of allylic oxidation sites excluding steroid dienone is 4. The molecule has 0 saturated heterocycles. The Balaban J connectivity index is 0.000000167. The van der Waals surface area contributed by atoms with Gasteiger partial charge < -0.3 is 0 Å². The van der Waals surface area contributed by atoms with E-state index in [4.69, 9.17) is 0 Å². The van der Waals surface area contributed by atoms with Crippen molar-refractivity contribution in [3.05, 3.63) is 153 Å². The molecular weight excluding hydrogens is 648 g/mol. The molecule has 0 aromatic heterocycles. The van der Waals surface area contributed by atoms with E-state index in [1.165, 1.54) is 77.5 Å². The third kappa shape index (κ3) is 9.23. The van der Waals surface area contributed by atoms with E-state index in [-0.39, 0.29) is 10.8 Å². The van der Waals surface area contributed by atoms with Crippen LogP contribution < -0.4 is 0 Å². The van der Waals surface area contributed by atoms with E-state index in [0.29, 0.717) is 5.92 Å². The van der Waals surface area contributed by atoms with Crippen LogP contribution in [0.5, 0.6) is 0 Å². The summed E-state index contributed by atoms with van der Waals surface area (Å²) in [6, 6.07) is 36.3. The van der Waals surface area contributed by atoms with Gasteiger partial charge in [0.25, 0.3) is 0 Å². The van der Waals surface area contributed by atoms with E-state index >= 15 is 0 Å². The summed E-state index contributed by atoms with van der Waals surface area (Å²) < 4.78 is 1.42. The first-order valence-corrected chi connectivity index (χ1v) is 21.4. The SMILES string of the molecule is CC(C)(C)c1[c-]c2c(cc1)-c1ccc(C(C)(C)C)cc1C2.CC1=[C-]C(C)C=C1[Si](C)(C)C.[Zr+2]=[C](c1ccccc1)c1ccccc1. The molecule has 0 radical (unpaired) electrons. The molecule has 2 heteroatoms. The van der Waals surface area contributed by atoms with Crippen LogP contribution in [0.1, 0.15) is 88.8 Å². The minimum absolute atomic E-state index is 0.167. The van der Waals surface area contributed by atoms with Crippen molar-refractivity contribution in [1.82, 2.24) is 0 Å². The Morgan fingerprint density at radius 3 is 1.72 bits per heavy atom. The van der Waals surface area contributed by atoms with E-state index in [9.17, 15) is 0 Å². The number of hydrogen-bond acceptors (Lipinski definition) is 0. The van der Waals surface area contributed by atoms with E-state index < -0.39 is 8.07 Å². The maximum absolute atomic E-state index is 3.67. The molecule has 0 spiro atoms. The van der Waals surface area contributed by atoms with E-state index in [1.807, 2.05) is 0 Å². The molecule has 0 nitrogen and oxygen atoms in total. The third-order valence-electron chi connectivity index (χ3n) is 8.66. The second kappa shape index (κ2) is 14.6. The standard InChI is InChI=1S/C21H25.C13H10.C10H17Si.Zr/c1-20(2,3)16-7-9-18-14(12-16)11-15-13-17(21(4,5)6)8-10-19(15)18;1-3-7-12(8-4-1)11-13-9-5-2-6-10-13;1-8-6-9(2)10(7-8)11(3,4)5;/h7-10,12H,11H2,1-6H3;1-10H;7-8H,1-5H3;/q-1;;-1;+2. The van der Waals surface area contributed by atoms with Gasteiger partial charge in [-0.25, -0.2) is 10.8 Å². The van der Waals surface area contributed by atoms with Gasteiger partial charge in [-0.1, -0.05) is 105 Å². The van der Waals surface area contributed by atoms with Crippen molar-refractivity contribution < 1.29 is 24.2 Å². The van der Waals surface area contributed by atoms with Crippen molar-refractivity contribution in [3.63, 3.8) is 0 Å². The molecule has 2 aliphatic rings. The molecule has 0 heterocycles. The fraction of sp³-hybridized carbons (Fsp3) is 0.341. The predicted molar refractivity (Wildman–Crippen MR) is 200 cm³/mol. The van der Waals surface area contributed by atoms with Crippen LogP contribution in [0.25, 0.3) is 11.1 Å². The quantitative estimate of drug-likeness (QED) is 0.130. The predicted octanol–water partition coefficient (Wildman–Crippen LogP) is 11.6. The molecule has 0 fully saturated rings. The molecule has 0 N–H and O–H groups in total. The zero-order valence-electron chi connectivity index (χ0n) is 30.0. The molecule has 2 aliphatic carbocycles.